The molecule has 35 heavy (non-hydrogen) atoms. The third-order valence-corrected chi connectivity index (χ3v) is 6.06. The number of nitrogens with one attached hydrogen (secondary N) is 1. The lowest BCUT2D eigenvalue weighted by atomic mass is 9.82. The maximum atomic E-state index is 12.7. The Kier molecular flexibility index (Phi) is 8.63. The standard InChI is InChI=1S/C30H43N3O2/c1-8-9-10-11-12-17-26(34)35-24-16-14-13-15-23(24)27-28(32-30(6,7)21-29(3,4)5)33-19-18-22(2)20-25(33)31-27/h13-16,18-20,32H,8-12,17,21H2,1-7H3. The second-order valence-corrected chi connectivity index (χ2v) is 11.6. The molecule has 1 aromatic carbocycles. The number of hydrogen-bond donors (Lipinski definition) is 1. The highest BCUT2D eigenvalue weighted by molar-refractivity contribution is 5.83. The van der Waals surface area contributed by atoms with E-state index in [4.69, 9.17) is 9.72 Å². The van der Waals surface area contributed by atoms with Gasteiger partial charge in [0.05, 0.1) is 0 Å². The smallest absolute Gasteiger partial charge is 0.311 e. The Hall–Kier alpha value is -2.82. The van der Waals surface area contributed by atoms with Crippen molar-refractivity contribution < 1.29 is 9.53 Å². The van der Waals surface area contributed by atoms with E-state index in [-0.39, 0.29) is 16.9 Å². The van der Waals surface area contributed by atoms with Gasteiger partial charge in [0, 0.05) is 23.7 Å². The van der Waals surface area contributed by atoms with Crippen molar-refractivity contribution in [1.29, 1.82) is 0 Å². The van der Waals surface area contributed by atoms with Crippen LogP contribution in [0.5, 0.6) is 5.75 Å². The number of hydrogen-bond acceptors (Lipinski definition) is 4. The lowest BCUT2D eigenvalue weighted by molar-refractivity contribution is -0.134. The zero-order chi connectivity index (χ0) is 25.6. The van der Waals surface area contributed by atoms with Gasteiger partial charge in [-0.3, -0.25) is 9.20 Å². The number of nitrogens with zero attached hydrogens (tertiary/aromatic N) is 2. The van der Waals surface area contributed by atoms with Crippen molar-refractivity contribution in [3.63, 3.8) is 0 Å². The van der Waals surface area contributed by atoms with Crippen LogP contribution in [0.2, 0.25) is 0 Å². The average Bonchev–Trinajstić information content (AvgIpc) is 3.08. The molecule has 0 fully saturated rings. The Morgan fingerprint density at radius 3 is 2.46 bits per heavy atom. The van der Waals surface area contributed by atoms with Gasteiger partial charge in [-0.05, 0) is 68.9 Å². The fraction of sp³-hybridized carbons (Fsp3) is 0.533. The molecule has 0 aliphatic rings. The highest BCUT2D eigenvalue weighted by Gasteiger charge is 2.29. The number of para-hydroxylation sites is 1. The summed E-state index contributed by atoms with van der Waals surface area (Å²) in [5.74, 6) is 1.29. The van der Waals surface area contributed by atoms with Crippen molar-refractivity contribution in [2.75, 3.05) is 5.32 Å². The molecule has 1 N–H and O–H groups in total. The number of anilines is 1. The van der Waals surface area contributed by atoms with E-state index in [2.05, 4.69) is 76.5 Å². The molecular weight excluding hydrogens is 434 g/mol. The molecule has 0 amide bonds. The number of imidazole rings is 1. The summed E-state index contributed by atoms with van der Waals surface area (Å²) in [6, 6.07) is 11.9. The number of aromatic nitrogens is 2. The number of carbonyl (C=O) groups excluding carboxylic acids is 1. The Morgan fingerprint density at radius 2 is 1.74 bits per heavy atom. The number of unbranched alkanes of at least 4 members (excludes halogenated alkanes) is 4. The zero-order valence-corrected chi connectivity index (χ0v) is 22.7. The first-order valence-corrected chi connectivity index (χ1v) is 13.1. The first-order valence-electron chi connectivity index (χ1n) is 13.1. The molecule has 0 aliphatic heterocycles. The Balaban J connectivity index is 1.95. The molecule has 3 rings (SSSR count). The summed E-state index contributed by atoms with van der Waals surface area (Å²) in [6.07, 6.45) is 8.98. The van der Waals surface area contributed by atoms with Crippen LogP contribution in [0.1, 0.15) is 92.1 Å². The Labute approximate surface area is 211 Å². The van der Waals surface area contributed by atoms with Crippen molar-refractivity contribution in [1.82, 2.24) is 9.38 Å². The van der Waals surface area contributed by atoms with E-state index in [0.717, 1.165) is 47.5 Å². The lowest BCUT2D eigenvalue weighted by Gasteiger charge is -2.34. The number of aryl methyl sites for hydroxylation is 1. The van der Waals surface area contributed by atoms with Crippen molar-refractivity contribution in [3.05, 3.63) is 48.2 Å². The molecule has 0 aliphatic carbocycles. The van der Waals surface area contributed by atoms with Crippen LogP contribution in [0.4, 0.5) is 5.82 Å². The van der Waals surface area contributed by atoms with E-state index < -0.39 is 0 Å². The van der Waals surface area contributed by atoms with Gasteiger partial charge in [-0.1, -0.05) is 65.5 Å². The lowest BCUT2D eigenvalue weighted by Crippen LogP contribution is -2.36. The van der Waals surface area contributed by atoms with E-state index in [0.29, 0.717) is 12.2 Å². The summed E-state index contributed by atoms with van der Waals surface area (Å²) in [7, 11) is 0. The van der Waals surface area contributed by atoms with Crippen LogP contribution in [0.15, 0.2) is 42.6 Å². The van der Waals surface area contributed by atoms with Crippen LogP contribution >= 0.6 is 0 Å². The Morgan fingerprint density at radius 1 is 1.03 bits per heavy atom. The quantitative estimate of drug-likeness (QED) is 0.172. The van der Waals surface area contributed by atoms with Gasteiger partial charge in [-0.15, -0.1) is 0 Å². The molecule has 0 bridgehead atoms. The van der Waals surface area contributed by atoms with Crippen molar-refractivity contribution in [2.45, 2.75) is 99.0 Å². The van der Waals surface area contributed by atoms with Gasteiger partial charge in [-0.25, -0.2) is 4.98 Å². The first-order chi connectivity index (χ1) is 16.5. The molecule has 5 nitrogen and oxygen atoms in total. The number of ether oxygens (including phenoxy) is 1. The van der Waals surface area contributed by atoms with Crippen molar-refractivity contribution in [2.24, 2.45) is 5.41 Å². The van der Waals surface area contributed by atoms with Crippen LogP contribution < -0.4 is 10.1 Å². The maximum Gasteiger partial charge on any atom is 0.311 e. The largest absolute Gasteiger partial charge is 0.426 e. The minimum absolute atomic E-state index is 0.165. The molecular formula is C30H43N3O2. The summed E-state index contributed by atoms with van der Waals surface area (Å²) in [5.41, 5.74) is 3.63. The SMILES string of the molecule is CCCCCCCC(=O)Oc1ccccc1-c1nc2cc(C)ccn2c1NC(C)(C)CC(C)(C)C. The predicted octanol–water partition coefficient (Wildman–Crippen LogP) is 8.20. The number of esters is 1. The second kappa shape index (κ2) is 11.3. The van der Waals surface area contributed by atoms with Crippen LogP contribution in [-0.2, 0) is 4.79 Å². The minimum atomic E-state index is -0.184. The van der Waals surface area contributed by atoms with E-state index in [1.165, 1.54) is 19.3 Å². The van der Waals surface area contributed by atoms with Crippen LogP contribution in [-0.4, -0.2) is 20.9 Å². The molecule has 190 valence electrons. The molecule has 5 heteroatoms. The summed E-state index contributed by atoms with van der Waals surface area (Å²) in [4.78, 5) is 17.6. The van der Waals surface area contributed by atoms with Gasteiger partial charge in [-0.2, -0.15) is 0 Å². The summed E-state index contributed by atoms with van der Waals surface area (Å²) in [5, 5.41) is 3.78. The van der Waals surface area contributed by atoms with E-state index in [1.807, 2.05) is 24.3 Å². The molecule has 0 atom stereocenters. The molecule has 3 aromatic rings. The molecule has 0 spiro atoms. The normalized spacial score (nSPS) is 12.2. The van der Waals surface area contributed by atoms with Crippen molar-refractivity contribution in [3.8, 4) is 17.0 Å². The van der Waals surface area contributed by atoms with Crippen LogP contribution in [0.3, 0.4) is 0 Å². The summed E-state index contributed by atoms with van der Waals surface area (Å²) in [6.45, 7) is 15.5. The van der Waals surface area contributed by atoms with Crippen molar-refractivity contribution >= 4 is 17.4 Å². The second-order valence-electron chi connectivity index (χ2n) is 11.6. The Bertz CT molecular complexity index is 1140. The monoisotopic (exact) mass is 477 g/mol. The third kappa shape index (κ3) is 7.58. The number of benzene rings is 1. The van der Waals surface area contributed by atoms with Gasteiger partial charge >= 0.3 is 5.97 Å². The molecule has 0 radical (unpaired) electrons. The highest BCUT2D eigenvalue weighted by atomic mass is 16.5. The van der Waals surface area contributed by atoms with Gasteiger partial charge in [0.2, 0.25) is 0 Å². The predicted molar refractivity (Wildman–Crippen MR) is 146 cm³/mol. The van der Waals surface area contributed by atoms with Crippen LogP contribution in [0, 0.1) is 12.3 Å². The minimum Gasteiger partial charge on any atom is -0.426 e. The third-order valence-electron chi connectivity index (χ3n) is 6.06. The number of carbonyl (C=O) groups is 1. The fourth-order valence-corrected chi connectivity index (χ4v) is 4.94. The highest BCUT2D eigenvalue weighted by Crippen LogP contribution is 2.38. The fourth-order valence-electron chi connectivity index (χ4n) is 4.94. The van der Waals surface area contributed by atoms with E-state index in [9.17, 15) is 4.79 Å². The van der Waals surface area contributed by atoms with Gasteiger partial charge in [0.25, 0.3) is 0 Å². The topological polar surface area (TPSA) is 55.6 Å². The number of fused-ring (bicyclic) bond motifs is 1. The average molecular weight is 478 g/mol. The molecule has 2 aromatic heterocycles. The molecule has 0 unspecified atom stereocenters. The van der Waals surface area contributed by atoms with Gasteiger partial charge in [0.15, 0.2) is 0 Å². The maximum absolute atomic E-state index is 12.7. The molecule has 0 saturated heterocycles. The summed E-state index contributed by atoms with van der Waals surface area (Å²) < 4.78 is 7.97. The van der Waals surface area contributed by atoms with Crippen LogP contribution in [0.25, 0.3) is 16.9 Å². The zero-order valence-electron chi connectivity index (χ0n) is 22.7. The van der Waals surface area contributed by atoms with Gasteiger partial charge < -0.3 is 10.1 Å². The van der Waals surface area contributed by atoms with Gasteiger partial charge in [0.1, 0.15) is 22.9 Å². The first kappa shape index (κ1) is 26.8. The number of rotatable bonds is 11. The molecule has 2 heterocycles. The number of pyridine rings is 1. The van der Waals surface area contributed by atoms with E-state index in [1.54, 1.807) is 0 Å². The summed E-state index contributed by atoms with van der Waals surface area (Å²) >= 11 is 0. The molecule has 0 saturated carbocycles. The van der Waals surface area contributed by atoms with E-state index >= 15 is 0 Å².